The molecular weight excluding hydrogens is 867 g/mol. The Bertz CT molecular complexity index is 2270. The molecular formula is C47H57NO18. The molecule has 12 atom stereocenters. The minimum atomic E-state index is -2.50. The maximum absolute atomic E-state index is 15.1. The molecule has 19 heteroatoms. The van der Waals surface area contributed by atoms with E-state index in [1.165, 1.54) is 52.0 Å². The summed E-state index contributed by atoms with van der Waals surface area (Å²) in [5.41, 5.74) is -9.22. The molecule has 3 fully saturated rings. The van der Waals surface area contributed by atoms with Crippen molar-refractivity contribution in [2.45, 2.75) is 140 Å². The molecule has 4 aliphatic rings. The number of ether oxygens (including phenoxy) is 6. The first-order valence-corrected chi connectivity index (χ1v) is 21.5. The highest BCUT2D eigenvalue weighted by molar-refractivity contribution is 5.94. The van der Waals surface area contributed by atoms with Crippen LogP contribution in [-0.4, -0.2) is 133 Å². The highest BCUT2D eigenvalue weighted by Crippen LogP contribution is 2.64. The zero-order valence-corrected chi connectivity index (χ0v) is 37.8. The highest BCUT2D eigenvalue weighted by atomic mass is 16.6. The predicted molar refractivity (Wildman–Crippen MR) is 226 cm³/mol. The maximum atomic E-state index is 15.1. The number of alkyl carbamates (subject to hydrolysis) is 1. The summed E-state index contributed by atoms with van der Waals surface area (Å²) in [6.07, 6.45) is -16.0. The molecule has 2 bridgehead atoms. The van der Waals surface area contributed by atoms with Gasteiger partial charge in [-0.15, -0.1) is 0 Å². The third-order valence-electron chi connectivity index (χ3n) is 13.4. The van der Waals surface area contributed by atoms with Crippen LogP contribution in [0, 0.1) is 16.7 Å². The van der Waals surface area contributed by atoms with E-state index >= 15 is 4.79 Å². The van der Waals surface area contributed by atoms with Gasteiger partial charge in [-0.05, 0) is 63.5 Å². The molecule has 0 radical (unpaired) electrons. The van der Waals surface area contributed by atoms with Gasteiger partial charge >= 0.3 is 35.9 Å². The lowest BCUT2D eigenvalue weighted by atomic mass is 9.44. The fourth-order valence-corrected chi connectivity index (χ4v) is 10.1. The standard InChI is InChI=1S/C47H57NO18/c1-23-28(62-41(58)35(63-31(52)19-27(50)39(55)56)33(25-15-11-9-12-16-25)48-42(59)66-43(3,4)5)21-47(60)38(64-40(57)26-17-13-10-14-18-26)36-45(8,37(54)34(53)32(23)44(47,6)7)29(51)20-30-46(36,22-61-30)65-24(2)49/h9-18,27-30,33-36,38,50-51,53,60H,19-22H2,1-8H3,(H,48,59)(H,55,56)/t27?,28-,29-,30+,33-,34+,35+,36-,38?,45+,46-,47-/m0/s1. The second kappa shape index (κ2) is 18.2. The number of carbonyl (C=O) groups is 7. The van der Waals surface area contributed by atoms with Gasteiger partial charge in [0.15, 0.2) is 17.5 Å². The Hall–Kier alpha value is -5.73. The topological polar surface area (TPSA) is 288 Å². The molecule has 1 amide bonds. The molecule has 3 aliphatic carbocycles. The smallest absolute Gasteiger partial charge is 0.408 e. The van der Waals surface area contributed by atoms with Crippen molar-refractivity contribution >= 4 is 41.7 Å². The van der Waals surface area contributed by atoms with Gasteiger partial charge in [0.05, 0.1) is 36.0 Å². The molecule has 2 saturated carbocycles. The molecule has 19 nitrogen and oxygen atoms in total. The number of Topliss-reactive ketones (excluding diaryl/α,β-unsaturated/α-hetero) is 1. The van der Waals surface area contributed by atoms with Crippen LogP contribution in [0.3, 0.4) is 0 Å². The van der Waals surface area contributed by atoms with E-state index in [1.807, 2.05) is 0 Å². The average molecular weight is 924 g/mol. The number of aliphatic hydroxyl groups excluding tert-OH is 3. The summed E-state index contributed by atoms with van der Waals surface area (Å²) in [7, 11) is 0. The van der Waals surface area contributed by atoms with Crippen LogP contribution in [-0.2, 0) is 52.4 Å². The number of carboxylic acid groups (broad SMARTS) is 1. The Morgan fingerprint density at radius 3 is 2.09 bits per heavy atom. The van der Waals surface area contributed by atoms with Gasteiger partial charge < -0.3 is 59.3 Å². The molecule has 0 aromatic heterocycles. The van der Waals surface area contributed by atoms with E-state index in [9.17, 15) is 54.3 Å². The van der Waals surface area contributed by atoms with Crippen molar-refractivity contribution < 1.29 is 87.5 Å². The zero-order chi connectivity index (χ0) is 48.9. The average Bonchev–Trinajstić information content (AvgIpc) is 3.23. The molecule has 6 rings (SSSR count). The van der Waals surface area contributed by atoms with Gasteiger partial charge in [-0.3, -0.25) is 14.4 Å². The quantitative estimate of drug-likeness (QED) is 0.101. The van der Waals surface area contributed by atoms with Crippen molar-refractivity contribution in [1.29, 1.82) is 0 Å². The van der Waals surface area contributed by atoms with Crippen LogP contribution in [0.25, 0.3) is 0 Å². The van der Waals surface area contributed by atoms with Crippen LogP contribution in [0.5, 0.6) is 0 Å². The number of nitrogens with one attached hydrogen (secondary N) is 1. The number of ketones is 1. The predicted octanol–water partition coefficient (Wildman–Crippen LogP) is 2.65. The van der Waals surface area contributed by atoms with Crippen LogP contribution in [0.2, 0.25) is 0 Å². The molecule has 2 aromatic rings. The number of carbonyl (C=O) groups excluding carboxylic acids is 6. The summed E-state index contributed by atoms with van der Waals surface area (Å²) in [5.74, 6) is -9.02. The van der Waals surface area contributed by atoms with E-state index in [0.717, 1.165) is 6.92 Å². The summed E-state index contributed by atoms with van der Waals surface area (Å²) in [5, 5.41) is 59.8. The third kappa shape index (κ3) is 8.93. The summed E-state index contributed by atoms with van der Waals surface area (Å²) in [4.78, 5) is 95.3. The third-order valence-corrected chi connectivity index (χ3v) is 13.4. The van der Waals surface area contributed by atoms with Crippen molar-refractivity contribution in [2.24, 2.45) is 16.7 Å². The zero-order valence-electron chi connectivity index (χ0n) is 37.8. The molecule has 1 saturated heterocycles. The van der Waals surface area contributed by atoms with Crippen LogP contribution >= 0.6 is 0 Å². The summed E-state index contributed by atoms with van der Waals surface area (Å²) >= 11 is 0. The van der Waals surface area contributed by atoms with Crippen molar-refractivity contribution in [3.05, 3.63) is 82.9 Å². The minimum absolute atomic E-state index is 0.0150. The molecule has 1 heterocycles. The number of carboxylic acids is 1. The lowest BCUT2D eigenvalue weighted by molar-refractivity contribution is -0.346. The normalized spacial score (nSPS) is 31.4. The molecule has 1 aliphatic heterocycles. The molecule has 6 N–H and O–H groups in total. The highest BCUT2D eigenvalue weighted by Gasteiger charge is 2.78. The minimum Gasteiger partial charge on any atom is -0.479 e. The van der Waals surface area contributed by atoms with Crippen LogP contribution in [0.4, 0.5) is 4.79 Å². The summed E-state index contributed by atoms with van der Waals surface area (Å²) in [6.45, 7) is 11.2. The van der Waals surface area contributed by atoms with Crippen molar-refractivity contribution in [2.75, 3.05) is 6.61 Å². The number of amides is 1. The van der Waals surface area contributed by atoms with Gasteiger partial charge in [0.25, 0.3) is 0 Å². The Morgan fingerprint density at radius 1 is 0.939 bits per heavy atom. The number of hydrogen-bond donors (Lipinski definition) is 6. The Labute approximate surface area is 380 Å². The van der Waals surface area contributed by atoms with E-state index in [1.54, 1.807) is 57.2 Å². The number of aliphatic carboxylic acids is 1. The van der Waals surface area contributed by atoms with Gasteiger partial charge in [-0.2, -0.15) is 0 Å². The second-order valence-electron chi connectivity index (χ2n) is 19.1. The summed E-state index contributed by atoms with van der Waals surface area (Å²) in [6, 6.07) is 13.7. The van der Waals surface area contributed by atoms with Crippen molar-refractivity contribution in [3.63, 3.8) is 0 Å². The van der Waals surface area contributed by atoms with Gasteiger partial charge in [0.1, 0.15) is 41.7 Å². The monoisotopic (exact) mass is 923 g/mol. The van der Waals surface area contributed by atoms with Crippen LogP contribution < -0.4 is 5.32 Å². The van der Waals surface area contributed by atoms with Crippen LogP contribution in [0.1, 0.15) is 96.6 Å². The molecule has 2 aromatic carbocycles. The number of esters is 4. The molecule has 66 heavy (non-hydrogen) atoms. The molecule has 2 unspecified atom stereocenters. The number of fused-ring (bicyclic) bond motifs is 5. The van der Waals surface area contributed by atoms with Crippen LogP contribution in [0.15, 0.2) is 71.8 Å². The Balaban J connectivity index is 1.53. The van der Waals surface area contributed by atoms with E-state index < -0.39 is 137 Å². The van der Waals surface area contributed by atoms with Gasteiger partial charge in [0, 0.05) is 25.2 Å². The molecule has 0 spiro atoms. The van der Waals surface area contributed by atoms with E-state index in [0.29, 0.717) is 0 Å². The molecule has 358 valence electrons. The van der Waals surface area contributed by atoms with E-state index in [4.69, 9.17) is 28.4 Å². The van der Waals surface area contributed by atoms with Gasteiger partial charge in [-0.25, -0.2) is 19.2 Å². The Morgan fingerprint density at radius 2 is 1.55 bits per heavy atom. The van der Waals surface area contributed by atoms with Gasteiger partial charge in [-0.1, -0.05) is 62.4 Å². The first-order valence-electron chi connectivity index (χ1n) is 21.5. The SMILES string of the molecule is CC(=O)O[C@@]12CO[C@@H]1C[C@H](O)[C@@]1(C)C(=O)[C@H](O)C3=C(C)[C@@H](OC(=O)[C@H](OC(=O)CC(O)C(=O)O)[C@@H](NC(=O)OC(C)(C)C)c4ccccc4)C[C@](O)(C(OC(=O)c4ccccc4)[C@H]21)C3(C)C. The first-order chi connectivity index (χ1) is 30.7. The fraction of sp³-hybridized carbons (Fsp3) is 0.553. The second-order valence-corrected chi connectivity index (χ2v) is 19.1. The number of hydrogen-bond acceptors (Lipinski definition) is 17. The Kier molecular flexibility index (Phi) is 13.7. The largest absolute Gasteiger partial charge is 0.479 e. The number of benzene rings is 2. The number of aliphatic hydroxyl groups is 4. The first kappa shape index (κ1) is 49.7. The number of rotatable bonds is 12. The van der Waals surface area contributed by atoms with Gasteiger partial charge in [0.2, 0.25) is 6.10 Å². The maximum Gasteiger partial charge on any atom is 0.408 e. The fourth-order valence-electron chi connectivity index (χ4n) is 10.1. The lowest BCUT2D eigenvalue weighted by Gasteiger charge is -2.67. The van der Waals surface area contributed by atoms with E-state index in [-0.39, 0.29) is 35.3 Å². The lowest BCUT2D eigenvalue weighted by Crippen LogP contribution is -2.81. The summed E-state index contributed by atoms with van der Waals surface area (Å²) < 4.78 is 35.3. The van der Waals surface area contributed by atoms with E-state index in [2.05, 4.69) is 5.32 Å². The van der Waals surface area contributed by atoms with Crippen molar-refractivity contribution in [1.82, 2.24) is 5.32 Å². The van der Waals surface area contributed by atoms with Crippen molar-refractivity contribution in [3.8, 4) is 0 Å².